The van der Waals surface area contributed by atoms with Crippen LogP contribution < -0.4 is 5.32 Å². The average molecular weight is 388 g/mol. The molecule has 1 rings (SSSR count). The van der Waals surface area contributed by atoms with E-state index in [9.17, 15) is 20.1 Å². The van der Waals surface area contributed by atoms with E-state index >= 15 is 0 Å². The van der Waals surface area contributed by atoms with Gasteiger partial charge in [-0.25, -0.2) is 0 Å². The molecule has 160 valence electrons. The lowest BCUT2D eigenvalue weighted by molar-refractivity contribution is -0.186. The van der Waals surface area contributed by atoms with Crippen LogP contribution in [0.5, 0.6) is 0 Å². The van der Waals surface area contributed by atoms with Gasteiger partial charge >= 0.3 is 5.97 Å². The van der Waals surface area contributed by atoms with Gasteiger partial charge in [-0.2, -0.15) is 0 Å². The zero-order valence-corrected chi connectivity index (χ0v) is 18.2. The highest BCUT2D eigenvalue weighted by Crippen LogP contribution is 2.30. The second kappa shape index (κ2) is 9.68. The van der Waals surface area contributed by atoms with Crippen LogP contribution >= 0.6 is 0 Å². The molecule has 0 aromatic heterocycles. The zero-order chi connectivity index (χ0) is 21.0. The van der Waals surface area contributed by atoms with Crippen molar-refractivity contribution >= 4 is 5.97 Å². The summed E-state index contributed by atoms with van der Waals surface area (Å²) in [5.41, 5.74) is -2.37. The molecule has 0 saturated carbocycles. The van der Waals surface area contributed by atoms with E-state index in [1.807, 2.05) is 27.7 Å². The Morgan fingerprint density at radius 1 is 1.11 bits per heavy atom. The maximum Gasteiger partial charge on any atom is 0.309 e. The molecule has 0 amide bonds. The predicted octanol–water partition coefficient (Wildman–Crippen LogP) is 2.24. The molecule has 6 nitrogen and oxygen atoms in total. The lowest BCUT2D eigenvalue weighted by Crippen LogP contribution is -2.58. The molecule has 1 fully saturated rings. The summed E-state index contributed by atoms with van der Waals surface area (Å²) in [6.45, 7) is 13.5. The first-order valence-electron chi connectivity index (χ1n) is 10.4. The summed E-state index contributed by atoms with van der Waals surface area (Å²) in [6.07, 6.45) is 0.381. The van der Waals surface area contributed by atoms with Gasteiger partial charge in [0.1, 0.15) is 17.8 Å². The highest BCUT2D eigenvalue weighted by Gasteiger charge is 2.43. The van der Waals surface area contributed by atoms with E-state index in [0.29, 0.717) is 32.2 Å². The highest BCUT2D eigenvalue weighted by atomic mass is 16.6. The maximum absolute atomic E-state index is 12.6. The minimum atomic E-state index is -1.56. The first-order valence-corrected chi connectivity index (χ1v) is 10.4. The summed E-state index contributed by atoms with van der Waals surface area (Å²) in [6, 6.07) is -0.387. The Labute approximate surface area is 164 Å². The molecule has 1 saturated heterocycles. The Kier molecular flexibility index (Phi) is 8.73. The lowest BCUT2D eigenvalue weighted by Gasteiger charge is -2.39. The largest absolute Gasteiger partial charge is 0.459 e. The summed E-state index contributed by atoms with van der Waals surface area (Å²) in [7, 11) is 0. The van der Waals surface area contributed by atoms with Crippen molar-refractivity contribution in [3.8, 4) is 0 Å². The van der Waals surface area contributed by atoms with Gasteiger partial charge in [0.25, 0.3) is 0 Å². The molecule has 1 aliphatic rings. The fraction of sp³-hybridized carbons (Fsp3) is 0.952. The zero-order valence-electron chi connectivity index (χ0n) is 18.2. The van der Waals surface area contributed by atoms with E-state index in [2.05, 4.69) is 12.2 Å². The third-order valence-corrected chi connectivity index (χ3v) is 5.88. The van der Waals surface area contributed by atoms with Gasteiger partial charge in [-0.3, -0.25) is 4.79 Å². The van der Waals surface area contributed by atoms with Gasteiger partial charge < -0.3 is 25.4 Å². The lowest BCUT2D eigenvalue weighted by atomic mass is 9.82. The van der Waals surface area contributed by atoms with Crippen LogP contribution in [0.1, 0.15) is 74.1 Å². The van der Waals surface area contributed by atoms with Crippen molar-refractivity contribution < 1.29 is 24.9 Å². The number of ether oxygens (including phenoxy) is 1. The topological polar surface area (TPSA) is 99.0 Å². The van der Waals surface area contributed by atoms with E-state index < -0.39 is 23.4 Å². The van der Waals surface area contributed by atoms with Crippen molar-refractivity contribution in [1.82, 2.24) is 5.32 Å². The predicted molar refractivity (Wildman–Crippen MR) is 106 cm³/mol. The highest BCUT2D eigenvalue weighted by molar-refractivity contribution is 5.72. The van der Waals surface area contributed by atoms with Crippen molar-refractivity contribution in [3.63, 3.8) is 0 Å². The van der Waals surface area contributed by atoms with Gasteiger partial charge in [0.2, 0.25) is 0 Å². The molecule has 0 bridgehead atoms. The van der Waals surface area contributed by atoms with Crippen molar-refractivity contribution in [2.45, 2.75) is 104 Å². The van der Waals surface area contributed by atoms with Gasteiger partial charge in [-0.05, 0) is 64.8 Å². The summed E-state index contributed by atoms with van der Waals surface area (Å²) >= 11 is 0. The van der Waals surface area contributed by atoms with Crippen LogP contribution in [0.4, 0.5) is 0 Å². The number of rotatable bonds is 1. The van der Waals surface area contributed by atoms with Crippen molar-refractivity contribution in [2.75, 3.05) is 6.54 Å². The standard InChI is InChI=1S/C21H41NO5/c1-8-17-21(7,26)18(23)16(5)22-12-14(3)11-20(6,25)10-13(2)9-15(4)19(24)27-17/h13-18,22-23,25-26H,8-12H2,1-7H3/t13-,14+,15+,16+,17+,18+,20-,21+/m0/s1. The Morgan fingerprint density at radius 2 is 1.67 bits per heavy atom. The number of esters is 1. The first-order chi connectivity index (χ1) is 12.3. The SMILES string of the molecule is CC[C@H]1OC(=O)[C@H](C)C[C@H](C)C[C@](C)(O)C[C@@H](C)CN[C@H](C)[C@@H](O)[C@]1(C)O. The normalized spacial score (nSPS) is 46.2. The van der Waals surface area contributed by atoms with Gasteiger partial charge in [0.05, 0.1) is 11.5 Å². The van der Waals surface area contributed by atoms with E-state index in [1.54, 1.807) is 6.92 Å². The van der Waals surface area contributed by atoms with Crippen molar-refractivity contribution in [1.29, 1.82) is 0 Å². The Hall–Kier alpha value is -0.690. The molecule has 27 heavy (non-hydrogen) atoms. The molecule has 1 heterocycles. The summed E-state index contributed by atoms with van der Waals surface area (Å²) < 4.78 is 5.60. The quantitative estimate of drug-likeness (QED) is 0.515. The van der Waals surface area contributed by atoms with Crippen LogP contribution in [0.25, 0.3) is 0 Å². The summed E-state index contributed by atoms with van der Waals surface area (Å²) in [5, 5.41) is 35.7. The second-order valence-corrected chi connectivity index (χ2v) is 9.45. The van der Waals surface area contributed by atoms with Crippen molar-refractivity contribution in [3.05, 3.63) is 0 Å². The molecule has 1 aliphatic heterocycles. The Balaban J connectivity index is 3.10. The molecule has 0 radical (unpaired) electrons. The fourth-order valence-electron chi connectivity index (χ4n) is 4.51. The van der Waals surface area contributed by atoms with Crippen LogP contribution in [-0.4, -0.2) is 57.3 Å². The molecular weight excluding hydrogens is 346 g/mol. The fourth-order valence-corrected chi connectivity index (χ4v) is 4.51. The monoisotopic (exact) mass is 387 g/mol. The minimum Gasteiger partial charge on any atom is -0.459 e. The Morgan fingerprint density at radius 3 is 2.22 bits per heavy atom. The molecular formula is C21H41NO5. The van der Waals surface area contributed by atoms with Crippen LogP contribution in [0, 0.1) is 17.8 Å². The molecule has 0 spiro atoms. The van der Waals surface area contributed by atoms with E-state index in [0.717, 1.165) is 0 Å². The van der Waals surface area contributed by atoms with Gasteiger partial charge in [-0.15, -0.1) is 0 Å². The minimum absolute atomic E-state index is 0.165. The smallest absolute Gasteiger partial charge is 0.309 e. The molecule has 4 N–H and O–H groups in total. The van der Waals surface area contributed by atoms with Crippen LogP contribution in [-0.2, 0) is 9.53 Å². The van der Waals surface area contributed by atoms with E-state index in [-0.39, 0.29) is 29.8 Å². The number of hydrogen-bond acceptors (Lipinski definition) is 6. The van der Waals surface area contributed by atoms with Crippen LogP contribution in [0.2, 0.25) is 0 Å². The molecule has 0 unspecified atom stereocenters. The third-order valence-electron chi connectivity index (χ3n) is 5.88. The average Bonchev–Trinajstić information content (AvgIpc) is 2.54. The third kappa shape index (κ3) is 7.00. The van der Waals surface area contributed by atoms with Gasteiger partial charge in [0, 0.05) is 6.04 Å². The number of carbonyl (C=O) groups is 1. The van der Waals surface area contributed by atoms with E-state index in [1.165, 1.54) is 6.92 Å². The molecule has 0 aliphatic carbocycles. The summed E-state index contributed by atoms with van der Waals surface area (Å²) in [4.78, 5) is 12.6. The number of aliphatic hydroxyl groups is 3. The first kappa shape index (κ1) is 24.3. The van der Waals surface area contributed by atoms with Crippen molar-refractivity contribution in [2.24, 2.45) is 17.8 Å². The molecule has 6 heteroatoms. The number of nitrogens with one attached hydrogen (secondary N) is 1. The van der Waals surface area contributed by atoms with E-state index in [4.69, 9.17) is 4.74 Å². The van der Waals surface area contributed by atoms with Crippen LogP contribution in [0.15, 0.2) is 0 Å². The van der Waals surface area contributed by atoms with Gasteiger partial charge in [0.15, 0.2) is 0 Å². The van der Waals surface area contributed by atoms with Gasteiger partial charge in [-0.1, -0.05) is 27.7 Å². The molecule has 0 aromatic carbocycles. The molecule has 0 aromatic rings. The second-order valence-electron chi connectivity index (χ2n) is 9.45. The summed E-state index contributed by atoms with van der Waals surface area (Å²) in [5.74, 6) is -0.340. The number of aliphatic hydroxyl groups excluding tert-OH is 1. The number of hydrogen-bond donors (Lipinski definition) is 4. The number of cyclic esters (lactones) is 1. The molecule has 8 atom stereocenters. The Bertz CT molecular complexity index is 479. The maximum atomic E-state index is 12.6. The van der Waals surface area contributed by atoms with Crippen LogP contribution in [0.3, 0.4) is 0 Å². The number of carbonyl (C=O) groups excluding carboxylic acids is 1.